The van der Waals surface area contributed by atoms with E-state index in [4.69, 9.17) is 9.97 Å². The second-order valence-corrected chi connectivity index (χ2v) is 5.60. The molecule has 2 heteroatoms. The lowest BCUT2D eigenvalue weighted by molar-refractivity contribution is 1.16. The molecule has 0 spiro atoms. The highest BCUT2D eigenvalue weighted by Gasteiger charge is 2.07. The minimum Gasteiger partial charge on any atom is -0.233 e. The van der Waals surface area contributed by atoms with Crippen LogP contribution >= 0.6 is 0 Å². The maximum absolute atomic E-state index is 4.73. The first-order chi connectivity index (χ1) is 11.3. The standard InChI is InChI=1S/C21H16N2/c1-15-19-12-5-6-13-20(19)23-21(22-15)18-11-7-10-17(14-18)16-8-3-2-4-9-16/h2-14H,1H3. The van der Waals surface area contributed by atoms with E-state index < -0.39 is 0 Å². The molecule has 0 radical (unpaired) electrons. The molecule has 0 aliphatic carbocycles. The Morgan fingerprint density at radius 1 is 0.609 bits per heavy atom. The number of hydrogen-bond donors (Lipinski definition) is 0. The van der Waals surface area contributed by atoms with Crippen LogP contribution in [0.3, 0.4) is 0 Å². The fraction of sp³-hybridized carbons (Fsp3) is 0.0476. The molecule has 0 aliphatic rings. The largest absolute Gasteiger partial charge is 0.233 e. The topological polar surface area (TPSA) is 25.8 Å². The number of benzene rings is 3. The van der Waals surface area contributed by atoms with Crippen LogP contribution in [0.25, 0.3) is 33.4 Å². The van der Waals surface area contributed by atoms with Crippen molar-refractivity contribution in [3.8, 4) is 22.5 Å². The summed E-state index contributed by atoms with van der Waals surface area (Å²) in [5.41, 5.74) is 5.42. The van der Waals surface area contributed by atoms with Crippen LogP contribution < -0.4 is 0 Å². The Morgan fingerprint density at radius 2 is 1.30 bits per heavy atom. The molecular formula is C21H16N2. The zero-order valence-electron chi connectivity index (χ0n) is 12.9. The molecule has 0 unspecified atom stereocenters. The highest BCUT2D eigenvalue weighted by Crippen LogP contribution is 2.26. The number of rotatable bonds is 2. The highest BCUT2D eigenvalue weighted by atomic mass is 14.9. The number of aromatic nitrogens is 2. The van der Waals surface area contributed by atoms with E-state index in [1.54, 1.807) is 0 Å². The molecule has 1 heterocycles. The lowest BCUT2D eigenvalue weighted by Crippen LogP contribution is -1.94. The minimum atomic E-state index is 0.777. The van der Waals surface area contributed by atoms with Crippen LogP contribution in [0.15, 0.2) is 78.9 Å². The molecule has 0 fully saturated rings. The van der Waals surface area contributed by atoms with Crippen LogP contribution in [0.2, 0.25) is 0 Å². The van der Waals surface area contributed by atoms with E-state index in [1.165, 1.54) is 11.1 Å². The number of fused-ring (bicyclic) bond motifs is 1. The second kappa shape index (κ2) is 5.65. The third-order valence-corrected chi connectivity index (χ3v) is 4.02. The lowest BCUT2D eigenvalue weighted by atomic mass is 10.0. The number of hydrogen-bond acceptors (Lipinski definition) is 2. The van der Waals surface area contributed by atoms with Crippen molar-refractivity contribution in [2.45, 2.75) is 6.92 Å². The van der Waals surface area contributed by atoms with Crippen LogP contribution in [-0.4, -0.2) is 9.97 Å². The fourth-order valence-electron chi connectivity index (χ4n) is 2.83. The molecule has 0 saturated heterocycles. The molecule has 4 rings (SSSR count). The summed E-state index contributed by atoms with van der Waals surface area (Å²) in [6, 6.07) is 26.9. The van der Waals surface area contributed by atoms with Gasteiger partial charge in [0.2, 0.25) is 0 Å². The van der Waals surface area contributed by atoms with E-state index in [0.29, 0.717) is 0 Å². The predicted molar refractivity (Wildman–Crippen MR) is 95.1 cm³/mol. The zero-order valence-corrected chi connectivity index (χ0v) is 12.9. The summed E-state index contributed by atoms with van der Waals surface area (Å²) in [6.45, 7) is 2.04. The van der Waals surface area contributed by atoms with E-state index in [2.05, 4.69) is 54.6 Å². The highest BCUT2D eigenvalue weighted by molar-refractivity contribution is 5.83. The van der Waals surface area contributed by atoms with Crippen molar-refractivity contribution in [1.29, 1.82) is 0 Å². The summed E-state index contributed by atoms with van der Waals surface area (Å²) in [4.78, 5) is 9.43. The molecule has 0 amide bonds. The van der Waals surface area contributed by atoms with Gasteiger partial charge in [-0.25, -0.2) is 9.97 Å². The first kappa shape index (κ1) is 13.6. The number of nitrogens with zero attached hydrogens (tertiary/aromatic N) is 2. The lowest BCUT2D eigenvalue weighted by Gasteiger charge is -2.07. The van der Waals surface area contributed by atoms with Gasteiger partial charge in [-0.2, -0.15) is 0 Å². The molecule has 0 atom stereocenters. The second-order valence-electron chi connectivity index (χ2n) is 5.60. The molecule has 0 bridgehead atoms. The summed E-state index contributed by atoms with van der Waals surface area (Å²) < 4.78 is 0. The summed E-state index contributed by atoms with van der Waals surface area (Å²) in [5.74, 6) is 0.777. The molecule has 110 valence electrons. The monoisotopic (exact) mass is 296 g/mol. The average molecular weight is 296 g/mol. The van der Waals surface area contributed by atoms with Gasteiger partial charge in [0.05, 0.1) is 5.52 Å². The minimum absolute atomic E-state index is 0.777. The molecule has 1 aromatic heterocycles. The average Bonchev–Trinajstić information content (AvgIpc) is 2.62. The van der Waals surface area contributed by atoms with Crippen molar-refractivity contribution in [2.75, 3.05) is 0 Å². The molecular weight excluding hydrogens is 280 g/mol. The van der Waals surface area contributed by atoms with Crippen molar-refractivity contribution in [3.63, 3.8) is 0 Å². The number of aryl methyl sites for hydroxylation is 1. The van der Waals surface area contributed by atoms with E-state index in [9.17, 15) is 0 Å². The van der Waals surface area contributed by atoms with Gasteiger partial charge in [-0.15, -0.1) is 0 Å². The number of para-hydroxylation sites is 1. The van der Waals surface area contributed by atoms with Gasteiger partial charge in [0, 0.05) is 16.6 Å². The summed E-state index contributed by atoms with van der Waals surface area (Å²) in [5, 5.41) is 1.11. The van der Waals surface area contributed by atoms with Crippen LogP contribution in [0, 0.1) is 6.92 Å². The fourth-order valence-corrected chi connectivity index (χ4v) is 2.83. The first-order valence-electron chi connectivity index (χ1n) is 7.70. The smallest absolute Gasteiger partial charge is 0.160 e. The maximum Gasteiger partial charge on any atom is 0.160 e. The molecule has 4 aromatic rings. The van der Waals surface area contributed by atoms with Gasteiger partial charge in [-0.1, -0.05) is 66.7 Å². The van der Waals surface area contributed by atoms with Gasteiger partial charge >= 0.3 is 0 Å². The first-order valence-corrected chi connectivity index (χ1v) is 7.70. The van der Waals surface area contributed by atoms with E-state index in [1.807, 2.05) is 31.2 Å². The summed E-state index contributed by atoms with van der Waals surface area (Å²) in [7, 11) is 0. The Morgan fingerprint density at radius 3 is 2.17 bits per heavy atom. The van der Waals surface area contributed by atoms with Crippen LogP contribution in [-0.2, 0) is 0 Å². The molecule has 0 aliphatic heterocycles. The molecule has 0 saturated carbocycles. The molecule has 3 aromatic carbocycles. The predicted octanol–water partition coefficient (Wildman–Crippen LogP) is 5.27. The van der Waals surface area contributed by atoms with E-state index in [-0.39, 0.29) is 0 Å². The van der Waals surface area contributed by atoms with Gasteiger partial charge in [0.15, 0.2) is 5.82 Å². The molecule has 2 nitrogen and oxygen atoms in total. The Hall–Kier alpha value is -3.00. The Bertz CT molecular complexity index is 975. The summed E-state index contributed by atoms with van der Waals surface area (Å²) >= 11 is 0. The zero-order chi connectivity index (χ0) is 15.6. The third kappa shape index (κ3) is 2.59. The maximum atomic E-state index is 4.73. The van der Waals surface area contributed by atoms with Crippen LogP contribution in [0.4, 0.5) is 0 Å². The van der Waals surface area contributed by atoms with E-state index in [0.717, 1.165) is 28.0 Å². The van der Waals surface area contributed by atoms with Crippen molar-refractivity contribution in [3.05, 3.63) is 84.6 Å². The Kier molecular flexibility index (Phi) is 3.35. The molecule has 0 N–H and O–H groups in total. The van der Waals surface area contributed by atoms with Crippen molar-refractivity contribution >= 4 is 10.9 Å². The quantitative estimate of drug-likeness (QED) is 0.503. The normalized spacial score (nSPS) is 10.8. The molecule has 23 heavy (non-hydrogen) atoms. The van der Waals surface area contributed by atoms with Gasteiger partial charge in [-0.05, 0) is 30.2 Å². The van der Waals surface area contributed by atoms with Crippen molar-refractivity contribution < 1.29 is 0 Å². The van der Waals surface area contributed by atoms with Crippen molar-refractivity contribution in [1.82, 2.24) is 9.97 Å². The van der Waals surface area contributed by atoms with E-state index >= 15 is 0 Å². The third-order valence-electron chi connectivity index (χ3n) is 4.02. The Labute approximate surface area is 135 Å². The van der Waals surface area contributed by atoms with Crippen LogP contribution in [0.1, 0.15) is 5.69 Å². The van der Waals surface area contributed by atoms with Crippen LogP contribution in [0.5, 0.6) is 0 Å². The summed E-state index contributed by atoms with van der Waals surface area (Å²) in [6.07, 6.45) is 0. The SMILES string of the molecule is Cc1nc(-c2cccc(-c3ccccc3)c2)nc2ccccc12. The van der Waals surface area contributed by atoms with Crippen molar-refractivity contribution in [2.24, 2.45) is 0 Å². The van der Waals surface area contributed by atoms with Gasteiger partial charge < -0.3 is 0 Å². The van der Waals surface area contributed by atoms with Gasteiger partial charge in [0.1, 0.15) is 0 Å². The Balaban J connectivity index is 1.85. The van der Waals surface area contributed by atoms with Gasteiger partial charge in [0.25, 0.3) is 0 Å². The van der Waals surface area contributed by atoms with Gasteiger partial charge in [-0.3, -0.25) is 0 Å².